The zero-order valence-corrected chi connectivity index (χ0v) is 19.6. The highest BCUT2D eigenvalue weighted by Gasteiger charge is 2.21. The number of non-ortho nitro benzene ring substituents is 2. The predicted octanol–water partition coefficient (Wildman–Crippen LogP) is 3.62. The monoisotopic (exact) mass is 556 g/mol. The fraction of sp³-hybridized carbons (Fsp3) is 0. The number of carbonyl (C=O) groups is 2. The molecule has 6 N–H and O–H groups in total. The maximum atomic E-state index is 12.2. The van der Waals surface area contributed by atoms with E-state index < -0.39 is 54.5 Å². The number of nitro groups is 4. The van der Waals surface area contributed by atoms with Crippen molar-refractivity contribution in [1.29, 1.82) is 0 Å². The molecule has 0 bridgehead atoms. The summed E-state index contributed by atoms with van der Waals surface area (Å²) in [5, 5.41) is 48.8. The molecule has 20 nitrogen and oxygen atoms in total. The Bertz CT molecular complexity index is 1420. The van der Waals surface area contributed by atoms with Crippen LogP contribution in [0.25, 0.3) is 0 Å². The van der Waals surface area contributed by atoms with Crippen LogP contribution < -0.4 is 32.3 Å². The SMILES string of the molecule is O=C(NNc1ccc([N+](=O)[O-])cc1[N+](=O)[O-])Nc1cccc(NC(=O)NNc2ccc([N+](=O)[O-])cc2[N+](=O)[O-])c1. The minimum absolute atomic E-state index is 0.161. The van der Waals surface area contributed by atoms with Gasteiger partial charge in [0.1, 0.15) is 11.4 Å². The van der Waals surface area contributed by atoms with Gasteiger partial charge in [-0.2, -0.15) is 0 Å². The topological polar surface area (TPSA) is 279 Å². The summed E-state index contributed by atoms with van der Waals surface area (Å²) in [7, 11) is 0. The van der Waals surface area contributed by atoms with Crippen molar-refractivity contribution in [2.24, 2.45) is 0 Å². The van der Waals surface area contributed by atoms with Crippen LogP contribution in [0, 0.1) is 40.5 Å². The maximum absolute atomic E-state index is 12.2. The Labute approximate surface area is 220 Å². The average Bonchev–Trinajstić information content (AvgIpc) is 2.90. The van der Waals surface area contributed by atoms with Gasteiger partial charge in [-0.1, -0.05) is 6.07 Å². The van der Waals surface area contributed by atoms with E-state index in [1.54, 1.807) is 0 Å². The van der Waals surface area contributed by atoms with Crippen LogP contribution in [0.5, 0.6) is 0 Å². The number of nitro benzene ring substituents is 4. The van der Waals surface area contributed by atoms with Crippen molar-refractivity contribution in [3.63, 3.8) is 0 Å². The summed E-state index contributed by atoms with van der Waals surface area (Å²) in [6.45, 7) is 0. The van der Waals surface area contributed by atoms with Gasteiger partial charge < -0.3 is 10.6 Å². The van der Waals surface area contributed by atoms with Crippen LogP contribution in [0.4, 0.5) is 55.1 Å². The summed E-state index contributed by atoms with van der Waals surface area (Å²) in [4.78, 5) is 65.1. The molecule has 3 aromatic rings. The number of nitrogens with one attached hydrogen (secondary N) is 6. The van der Waals surface area contributed by atoms with Crippen molar-refractivity contribution in [3.8, 4) is 0 Å². The summed E-state index contributed by atoms with van der Waals surface area (Å²) in [5.74, 6) is 0. The summed E-state index contributed by atoms with van der Waals surface area (Å²) in [5.41, 5.74) is 6.37. The van der Waals surface area contributed by atoms with Crippen LogP contribution in [0.1, 0.15) is 0 Å². The molecule has 0 aliphatic carbocycles. The van der Waals surface area contributed by atoms with Crippen molar-refractivity contribution in [3.05, 3.63) is 101 Å². The lowest BCUT2D eigenvalue weighted by atomic mass is 10.2. The molecule has 0 heterocycles. The third-order valence-corrected chi connectivity index (χ3v) is 4.78. The van der Waals surface area contributed by atoms with E-state index in [2.05, 4.69) is 32.3 Å². The first-order valence-corrected chi connectivity index (χ1v) is 10.6. The molecule has 0 aliphatic heterocycles. The summed E-state index contributed by atoms with van der Waals surface area (Å²) in [6, 6.07) is 9.41. The normalized spacial score (nSPS) is 10.0. The Morgan fingerprint density at radius 3 is 1.30 bits per heavy atom. The van der Waals surface area contributed by atoms with Gasteiger partial charge in [0.15, 0.2) is 0 Å². The Hall–Kier alpha value is -6.60. The summed E-state index contributed by atoms with van der Waals surface area (Å²) < 4.78 is 0. The van der Waals surface area contributed by atoms with E-state index in [0.717, 1.165) is 36.4 Å². The number of benzene rings is 3. The highest BCUT2D eigenvalue weighted by atomic mass is 16.6. The highest BCUT2D eigenvalue weighted by Crippen LogP contribution is 2.29. The number of rotatable bonds is 10. The number of urea groups is 2. The Kier molecular flexibility index (Phi) is 8.46. The second-order valence-corrected chi connectivity index (χ2v) is 7.42. The molecular weight excluding hydrogens is 540 g/mol. The van der Waals surface area contributed by atoms with Crippen LogP contribution in [-0.2, 0) is 0 Å². The van der Waals surface area contributed by atoms with Crippen LogP contribution in [-0.4, -0.2) is 31.8 Å². The lowest BCUT2D eigenvalue weighted by Crippen LogP contribution is -2.34. The first-order valence-electron chi connectivity index (χ1n) is 10.6. The molecule has 0 aliphatic rings. The maximum Gasteiger partial charge on any atom is 0.337 e. The molecule has 40 heavy (non-hydrogen) atoms. The fourth-order valence-electron chi connectivity index (χ4n) is 3.03. The molecule has 3 aromatic carbocycles. The summed E-state index contributed by atoms with van der Waals surface area (Å²) >= 11 is 0. The van der Waals surface area contributed by atoms with Gasteiger partial charge in [-0.05, 0) is 30.3 Å². The fourth-order valence-corrected chi connectivity index (χ4v) is 3.03. The van der Waals surface area contributed by atoms with Crippen LogP contribution in [0.3, 0.4) is 0 Å². The molecule has 0 spiro atoms. The molecular formula is C20H16N10O10. The number of nitrogens with zero attached hydrogens (tertiary/aromatic N) is 4. The summed E-state index contributed by atoms with van der Waals surface area (Å²) in [6.07, 6.45) is 0. The van der Waals surface area contributed by atoms with Crippen molar-refractivity contribution in [1.82, 2.24) is 10.9 Å². The number of carbonyl (C=O) groups excluding carboxylic acids is 2. The van der Waals surface area contributed by atoms with Gasteiger partial charge >= 0.3 is 23.4 Å². The van der Waals surface area contributed by atoms with Crippen LogP contribution >= 0.6 is 0 Å². The first kappa shape index (κ1) is 28.0. The zero-order valence-electron chi connectivity index (χ0n) is 19.6. The lowest BCUT2D eigenvalue weighted by Gasteiger charge is -2.12. The zero-order chi connectivity index (χ0) is 29.4. The van der Waals surface area contributed by atoms with E-state index in [9.17, 15) is 50.0 Å². The van der Waals surface area contributed by atoms with Crippen molar-refractivity contribution < 1.29 is 29.3 Å². The predicted molar refractivity (Wildman–Crippen MR) is 137 cm³/mol. The second-order valence-electron chi connectivity index (χ2n) is 7.42. The molecule has 206 valence electrons. The number of hydrogen-bond acceptors (Lipinski definition) is 12. The van der Waals surface area contributed by atoms with Gasteiger partial charge in [0.25, 0.3) is 11.4 Å². The molecule has 0 unspecified atom stereocenters. The Morgan fingerprint density at radius 2 is 0.950 bits per heavy atom. The molecule has 0 aromatic heterocycles. The molecule has 0 saturated carbocycles. The van der Waals surface area contributed by atoms with Crippen molar-refractivity contribution in [2.45, 2.75) is 0 Å². The minimum atomic E-state index is -0.888. The third kappa shape index (κ3) is 7.22. The van der Waals surface area contributed by atoms with Crippen molar-refractivity contribution >= 4 is 57.6 Å². The Morgan fingerprint density at radius 1 is 0.550 bits per heavy atom. The highest BCUT2D eigenvalue weighted by molar-refractivity contribution is 5.93. The quantitative estimate of drug-likeness (QED) is 0.154. The molecule has 4 amide bonds. The molecule has 0 saturated heterocycles. The van der Waals surface area contributed by atoms with Gasteiger partial charge in [0, 0.05) is 23.5 Å². The van der Waals surface area contributed by atoms with E-state index in [0.29, 0.717) is 0 Å². The van der Waals surface area contributed by atoms with Gasteiger partial charge in [-0.15, -0.1) is 0 Å². The second kappa shape index (κ2) is 12.1. The van der Waals surface area contributed by atoms with Gasteiger partial charge in [-0.25, -0.2) is 9.59 Å². The van der Waals surface area contributed by atoms with Crippen LogP contribution in [0.2, 0.25) is 0 Å². The van der Waals surface area contributed by atoms with Gasteiger partial charge in [-0.3, -0.25) is 62.2 Å². The molecule has 0 atom stereocenters. The average molecular weight is 556 g/mol. The number of hydrogen-bond donors (Lipinski definition) is 6. The van der Waals surface area contributed by atoms with E-state index in [1.165, 1.54) is 24.3 Å². The largest absolute Gasteiger partial charge is 0.337 e. The van der Waals surface area contributed by atoms with E-state index >= 15 is 0 Å². The molecule has 20 heteroatoms. The molecule has 0 fully saturated rings. The number of anilines is 4. The van der Waals surface area contributed by atoms with Crippen LogP contribution in [0.15, 0.2) is 60.7 Å². The number of amides is 4. The molecule has 3 rings (SSSR count). The number of hydrazine groups is 2. The van der Waals surface area contributed by atoms with E-state index in [1.807, 2.05) is 0 Å². The van der Waals surface area contributed by atoms with Gasteiger partial charge in [0.05, 0.1) is 31.8 Å². The Balaban J connectivity index is 1.58. The standard InChI is InChI=1S/C20H16N10O10/c31-19(25-23-15-6-4-13(27(33)34)9-17(15)29(37)38)21-11-2-1-3-12(8-11)22-20(32)26-24-16-7-5-14(28(35)36)10-18(16)30(39)40/h1-10,23-24H,(H2,21,25,31)(H2,22,26,32). The smallest absolute Gasteiger partial charge is 0.307 e. The van der Waals surface area contributed by atoms with Gasteiger partial charge in [0.2, 0.25) is 0 Å². The third-order valence-electron chi connectivity index (χ3n) is 4.78. The van der Waals surface area contributed by atoms with E-state index in [4.69, 9.17) is 0 Å². The minimum Gasteiger partial charge on any atom is -0.307 e. The first-order chi connectivity index (χ1) is 18.9. The van der Waals surface area contributed by atoms with Crippen molar-refractivity contribution in [2.75, 3.05) is 21.5 Å². The molecule has 0 radical (unpaired) electrons. The lowest BCUT2D eigenvalue weighted by molar-refractivity contribution is -0.393. The van der Waals surface area contributed by atoms with E-state index in [-0.39, 0.29) is 22.7 Å².